The molecule has 120 valence electrons. The quantitative estimate of drug-likeness (QED) is 0.497. The average molecular weight is 391 g/mol. The maximum atomic E-state index is 13.0. The number of halogens is 1. The fourth-order valence-corrected chi connectivity index (χ4v) is 5.39. The van der Waals surface area contributed by atoms with Crippen LogP contribution in [0.4, 0.5) is 11.4 Å². The highest BCUT2D eigenvalue weighted by Gasteiger charge is 2.38. The summed E-state index contributed by atoms with van der Waals surface area (Å²) in [5.74, 6) is -0.0792. The van der Waals surface area contributed by atoms with Gasteiger partial charge in [0.2, 0.25) is 0 Å². The molecule has 0 bridgehead atoms. The Labute approximate surface area is 158 Å². The van der Waals surface area contributed by atoms with Crippen molar-refractivity contribution in [3.63, 3.8) is 0 Å². The van der Waals surface area contributed by atoms with Crippen molar-refractivity contribution in [3.05, 3.63) is 63.5 Å². The zero-order chi connectivity index (χ0) is 16.8. The monoisotopic (exact) mass is 390 g/mol. The zero-order valence-corrected chi connectivity index (χ0v) is 15.7. The van der Waals surface area contributed by atoms with Crippen LogP contribution in [0, 0.1) is 0 Å². The molecular formula is C17H11ClN2OS3. The van der Waals surface area contributed by atoms with Crippen molar-refractivity contribution < 1.29 is 4.79 Å². The zero-order valence-electron chi connectivity index (χ0n) is 12.5. The van der Waals surface area contributed by atoms with Crippen molar-refractivity contribution >= 4 is 68.9 Å². The summed E-state index contributed by atoms with van der Waals surface area (Å²) in [6.45, 7) is 0. The van der Waals surface area contributed by atoms with Crippen molar-refractivity contribution in [2.45, 2.75) is 4.90 Å². The average Bonchev–Trinajstić information content (AvgIpc) is 3.05. The number of rotatable bonds is 1. The van der Waals surface area contributed by atoms with Crippen LogP contribution in [0.3, 0.4) is 0 Å². The smallest absolute Gasteiger partial charge is 0.273 e. The van der Waals surface area contributed by atoms with E-state index in [1.54, 1.807) is 16.7 Å². The number of carbonyl (C=O) groups excluding carboxylic acids is 1. The molecule has 2 aliphatic rings. The van der Waals surface area contributed by atoms with Gasteiger partial charge in [-0.1, -0.05) is 65.5 Å². The van der Waals surface area contributed by atoms with Crippen LogP contribution >= 0.6 is 47.3 Å². The lowest BCUT2D eigenvalue weighted by Gasteiger charge is -2.16. The molecule has 0 N–H and O–H groups in total. The minimum Gasteiger partial charge on any atom is -0.337 e. The Bertz CT molecular complexity index is 898. The summed E-state index contributed by atoms with van der Waals surface area (Å²) in [5, 5.41) is 1.57. The molecule has 0 saturated carbocycles. The van der Waals surface area contributed by atoms with Crippen molar-refractivity contribution in [3.8, 4) is 0 Å². The van der Waals surface area contributed by atoms with E-state index in [-0.39, 0.29) is 5.91 Å². The van der Waals surface area contributed by atoms with Gasteiger partial charge in [-0.25, -0.2) is 0 Å². The summed E-state index contributed by atoms with van der Waals surface area (Å²) in [4.78, 5) is 18.3. The fourth-order valence-electron chi connectivity index (χ4n) is 2.62. The second-order valence-corrected chi connectivity index (χ2v) is 8.36. The summed E-state index contributed by atoms with van der Waals surface area (Å²) < 4.78 is 0.552. The minimum absolute atomic E-state index is 0.0792. The van der Waals surface area contributed by atoms with E-state index < -0.39 is 0 Å². The van der Waals surface area contributed by atoms with E-state index in [9.17, 15) is 4.79 Å². The lowest BCUT2D eigenvalue weighted by atomic mass is 10.3. The van der Waals surface area contributed by atoms with Gasteiger partial charge >= 0.3 is 0 Å². The van der Waals surface area contributed by atoms with Gasteiger partial charge in [-0.05, 0) is 30.3 Å². The SMILES string of the molecule is CN1C(=C2SC(=S)N(c3ccccc3)C2=O)Sc2ccc(Cl)cc21. The number of carbonyl (C=O) groups is 1. The van der Waals surface area contributed by atoms with Crippen LogP contribution in [0.5, 0.6) is 0 Å². The number of thioether (sulfide) groups is 2. The fraction of sp³-hybridized carbons (Fsp3) is 0.0588. The number of thiocarbonyl (C=S) groups is 1. The predicted octanol–water partition coefficient (Wildman–Crippen LogP) is 5.12. The van der Waals surface area contributed by atoms with Crippen LogP contribution in [0.2, 0.25) is 5.02 Å². The molecule has 1 saturated heterocycles. The second-order valence-electron chi connectivity index (χ2n) is 5.25. The third kappa shape index (κ3) is 2.54. The van der Waals surface area contributed by atoms with E-state index in [0.717, 1.165) is 21.3 Å². The second kappa shape index (κ2) is 6.11. The summed E-state index contributed by atoms with van der Waals surface area (Å²) in [7, 11) is 1.94. The van der Waals surface area contributed by atoms with Crippen molar-refractivity contribution in [2.24, 2.45) is 0 Å². The van der Waals surface area contributed by atoms with E-state index >= 15 is 0 Å². The molecule has 1 fully saturated rings. The first-order valence-electron chi connectivity index (χ1n) is 7.13. The first-order chi connectivity index (χ1) is 11.6. The molecule has 0 aliphatic carbocycles. The standard InChI is InChI=1S/C17H11ClN2OS3/c1-19-12-9-10(18)7-8-13(12)23-16(19)14-15(21)20(17(22)24-14)11-5-3-2-4-6-11/h2-9H,1H3. The molecule has 24 heavy (non-hydrogen) atoms. The van der Waals surface area contributed by atoms with Crippen molar-refractivity contribution in [1.29, 1.82) is 0 Å². The molecule has 2 aromatic carbocycles. The van der Waals surface area contributed by atoms with Gasteiger partial charge in [-0.15, -0.1) is 0 Å². The molecule has 1 amide bonds. The van der Waals surface area contributed by atoms with Gasteiger partial charge in [0.25, 0.3) is 5.91 Å². The number of benzene rings is 2. The molecule has 2 heterocycles. The summed E-state index contributed by atoms with van der Waals surface area (Å²) >= 11 is 14.5. The predicted molar refractivity (Wildman–Crippen MR) is 107 cm³/mol. The molecule has 3 nitrogen and oxygen atoms in total. The molecule has 0 unspecified atom stereocenters. The number of nitrogens with zero attached hydrogens (tertiary/aromatic N) is 2. The van der Waals surface area contributed by atoms with Gasteiger partial charge in [0, 0.05) is 17.0 Å². The summed E-state index contributed by atoms with van der Waals surface area (Å²) in [6, 6.07) is 15.2. The number of anilines is 2. The van der Waals surface area contributed by atoms with Crippen LogP contribution in [0.15, 0.2) is 63.4 Å². The third-order valence-corrected chi connectivity index (χ3v) is 6.73. The Morgan fingerprint density at radius 2 is 1.83 bits per heavy atom. The summed E-state index contributed by atoms with van der Waals surface area (Å²) in [6.07, 6.45) is 0. The Balaban J connectivity index is 1.75. The lowest BCUT2D eigenvalue weighted by Crippen LogP contribution is -2.28. The van der Waals surface area contributed by atoms with Gasteiger partial charge < -0.3 is 4.90 Å². The van der Waals surface area contributed by atoms with Gasteiger partial charge in [0.05, 0.1) is 16.4 Å². The Kier molecular flexibility index (Phi) is 4.08. The molecular weight excluding hydrogens is 380 g/mol. The Morgan fingerprint density at radius 3 is 2.58 bits per heavy atom. The van der Waals surface area contributed by atoms with E-state index in [4.69, 9.17) is 23.8 Å². The maximum Gasteiger partial charge on any atom is 0.273 e. The maximum absolute atomic E-state index is 13.0. The first-order valence-corrected chi connectivity index (χ1v) is 9.55. The number of amides is 1. The molecule has 4 rings (SSSR count). The van der Waals surface area contributed by atoms with Gasteiger partial charge in [0.1, 0.15) is 4.91 Å². The minimum atomic E-state index is -0.0792. The Morgan fingerprint density at radius 1 is 1.08 bits per heavy atom. The molecule has 2 aromatic rings. The van der Waals surface area contributed by atoms with Gasteiger partial charge in [0.15, 0.2) is 4.32 Å². The topological polar surface area (TPSA) is 23.6 Å². The van der Waals surface area contributed by atoms with Crippen molar-refractivity contribution in [1.82, 2.24) is 0 Å². The lowest BCUT2D eigenvalue weighted by molar-refractivity contribution is -0.113. The number of fused-ring (bicyclic) bond motifs is 1. The molecule has 0 atom stereocenters. The number of hydrogen-bond donors (Lipinski definition) is 0. The Hall–Kier alpha value is -1.47. The number of para-hydroxylation sites is 1. The van der Waals surface area contributed by atoms with Crippen molar-refractivity contribution in [2.75, 3.05) is 16.8 Å². The largest absolute Gasteiger partial charge is 0.337 e. The van der Waals surface area contributed by atoms with E-state index in [2.05, 4.69) is 0 Å². The van der Waals surface area contributed by atoms with Crippen LogP contribution in [0.25, 0.3) is 0 Å². The van der Waals surface area contributed by atoms with Crippen LogP contribution in [-0.2, 0) is 4.79 Å². The molecule has 0 aromatic heterocycles. The van der Waals surface area contributed by atoms with E-state index in [0.29, 0.717) is 14.2 Å². The molecule has 2 aliphatic heterocycles. The number of hydrogen-bond acceptors (Lipinski definition) is 5. The highest BCUT2D eigenvalue weighted by molar-refractivity contribution is 8.27. The van der Waals surface area contributed by atoms with Gasteiger partial charge in [-0.2, -0.15) is 0 Å². The first kappa shape index (κ1) is 16.0. The molecule has 0 radical (unpaired) electrons. The highest BCUT2D eigenvalue weighted by Crippen LogP contribution is 2.50. The van der Waals surface area contributed by atoms with E-state index in [1.807, 2.05) is 60.5 Å². The van der Waals surface area contributed by atoms with Crippen LogP contribution < -0.4 is 9.80 Å². The normalized spacial score (nSPS) is 20.1. The molecule has 7 heteroatoms. The molecule has 0 spiro atoms. The highest BCUT2D eigenvalue weighted by atomic mass is 35.5. The van der Waals surface area contributed by atoms with Gasteiger partial charge in [-0.3, -0.25) is 9.69 Å². The van der Waals surface area contributed by atoms with Crippen LogP contribution in [0.1, 0.15) is 0 Å². The van der Waals surface area contributed by atoms with Crippen LogP contribution in [-0.4, -0.2) is 17.3 Å². The van der Waals surface area contributed by atoms with E-state index in [1.165, 1.54) is 11.8 Å². The third-order valence-electron chi connectivity index (χ3n) is 3.77. The summed E-state index contributed by atoms with van der Waals surface area (Å²) in [5.41, 5.74) is 1.80.